The fourth-order valence-electron chi connectivity index (χ4n) is 3.55. The lowest BCUT2D eigenvalue weighted by atomic mass is 10.1. The number of non-ortho nitro benzene ring substituents is 1. The van der Waals surface area contributed by atoms with Gasteiger partial charge in [0.15, 0.2) is 11.5 Å². The molecule has 0 unspecified atom stereocenters. The van der Waals surface area contributed by atoms with Gasteiger partial charge >= 0.3 is 0 Å². The first-order chi connectivity index (χ1) is 17.7. The number of amides is 2. The molecule has 3 aromatic rings. The molecule has 8 nitrogen and oxygen atoms in total. The molecule has 4 rings (SSSR count). The minimum absolute atomic E-state index is 0.00118. The number of nitro groups is 1. The third-order valence-corrected chi connectivity index (χ3v) is 6.99. The number of imide groups is 1. The summed E-state index contributed by atoms with van der Waals surface area (Å²) in [5, 5.41) is 11.0. The summed E-state index contributed by atoms with van der Waals surface area (Å²) in [6, 6.07) is 16.6. The first kappa shape index (κ1) is 26.7. The number of thioether (sulfide) groups is 1. The number of rotatable bonds is 9. The van der Waals surface area contributed by atoms with E-state index < -0.39 is 4.92 Å². The van der Waals surface area contributed by atoms with Crippen molar-refractivity contribution in [3.63, 3.8) is 0 Å². The Morgan fingerprint density at radius 3 is 2.51 bits per heavy atom. The van der Waals surface area contributed by atoms with Gasteiger partial charge in [-0.25, -0.2) is 0 Å². The molecule has 0 spiro atoms. The Labute approximate surface area is 230 Å². The molecule has 3 aromatic carbocycles. The van der Waals surface area contributed by atoms with Gasteiger partial charge in [-0.3, -0.25) is 24.6 Å². The zero-order valence-electron chi connectivity index (χ0n) is 19.5. The third kappa shape index (κ3) is 6.51. The van der Waals surface area contributed by atoms with Crippen LogP contribution in [-0.4, -0.2) is 27.6 Å². The van der Waals surface area contributed by atoms with Gasteiger partial charge in [0.05, 0.1) is 27.5 Å². The zero-order chi connectivity index (χ0) is 26.5. The number of hydrogen-bond acceptors (Lipinski definition) is 7. The highest BCUT2D eigenvalue weighted by Gasteiger charge is 2.35. The maximum absolute atomic E-state index is 13.0. The molecule has 0 aliphatic carbocycles. The molecular formula is C26H20BrClN2O6S. The van der Waals surface area contributed by atoms with Crippen LogP contribution in [0.15, 0.2) is 70.0 Å². The van der Waals surface area contributed by atoms with E-state index in [-0.39, 0.29) is 30.0 Å². The van der Waals surface area contributed by atoms with Crippen molar-refractivity contribution in [2.75, 3.05) is 6.61 Å². The Balaban J connectivity index is 1.53. The molecule has 0 radical (unpaired) electrons. The summed E-state index contributed by atoms with van der Waals surface area (Å²) in [5.74, 6) is 0.511. The molecule has 1 aliphatic rings. The van der Waals surface area contributed by atoms with Crippen LogP contribution >= 0.6 is 39.3 Å². The molecule has 0 atom stereocenters. The number of hydrogen-bond donors (Lipinski definition) is 0. The average molecular weight is 604 g/mol. The maximum Gasteiger partial charge on any atom is 0.293 e. The van der Waals surface area contributed by atoms with Crippen LogP contribution in [0.1, 0.15) is 23.6 Å². The quantitative estimate of drug-likeness (QED) is 0.145. The summed E-state index contributed by atoms with van der Waals surface area (Å²) in [6.07, 6.45) is 1.64. The molecule has 0 bridgehead atoms. The molecule has 11 heteroatoms. The molecule has 0 saturated carbocycles. The second-order valence-electron chi connectivity index (χ2n) is 7.87. The van der Waals surface area contributed by atoms with Gasteiger partial charge in [-0.05, 0) is 93.8 Å². The van der Waals surface area contributed by atoms with E-state index in [1.165, 1.54) is 17.0 Å². The summed E-state index contributed by atoms with van der Waals surface area (Å²) in [5.41, 5.74) is 2.15. The van der Waals surface area contributed by atoms with Crippen LogP contribution < -0.4 is 9.47 Å². The topological polar surface area (TPSA) is 99.0 Å². The Hall–Kier alpha value is -3.34. The van der Waals surface area contributed by atoms with E-state index in [0.29, 0.717) is 38.1 Å². The van der Waals surface area contributed by atoms with E-state index in [2.05, 4.69) is 15.9 Å². The highest BCUT2D eigenvalue weighted by atomic mass is 79.9. The van der Waals surface area contributed by atoms with E-state index in [1.54, 1.807) is 54.6 Å². The lowest BCUT2D eigenvalue weighted by Crippen LogP contribution is -2.27. The van der Waals surface area contributed by atoms with Crippen molar-refractivity contribution in [1.29, 1.82) is 0 Å². The van der Waals surface area contributed by atoms with Crippen LogP contribution in [0.5, 0.6) is 11.5 Å². The van der Waals surface area contributed by atoms with Crippen molar-refractivity contribution in [3.05, 3.63) is 102 Å². The second kappa shape index (κ2) is 11.8. The molecule has 1 fully saturated rings. The predicted octanol–water partition coefficient (Wildman–Crippen LogP) is 7.22. The summed E-state index contributed by atoms with van der Waals surface area (Å²) in [4.78, 5) is 37.4. The first-order valence-electron chi connectivity index (χ1n) is 11.1. The number of nitrogens with zero attached hydrogens (tertiary/aromatic N) is 2. The number of carbonyl (C=O) groups is 2. The minimum Gasteiger partial charge on any atom is -0.490 e. The van der Waals surface area contributed by atoms with E-state index >= 15 is 0 Å². The van der Waals surface area contributed by atoms with Crippen molar-refractivity contribution >= 4 is 62.2 Å². The monoisotopic (exact) mass is 602 g/mol. The largest absolute Gasteiger partial charge is 0.490 e. The number of nitro benzene ring substituents is 1. The SMILES string of the molecule is CCOc1cc(/C=C2\SC(=O)N(Cc3cccc(Cl)c3)C2=O)cc(Br)c1OCc1ccc([N+](=O)[O-])cc1. The van der Waals surface area contributed by atoms with Gasteiger partial charge in [0, 0.05) is 17.2 Å². The van der Waals surface area contributed by atoms with Gasteiger partial charge in [0.2, 0.25) is 0 Å². The minimum atomic E-state index is -0.459. The molecule has 0 aromatic heterocycles. The van der Waals surface area contributed by atoms with Gasteiger partial charge < -0.3 is 9.47 Å². The average Bonchev–Trinajstić information content (AvgIpc) is 3.11. The molecule has 0 N–H and O–H groups in total. The van der Waals surface area contributed by atoms with Crippen molar-refractivity contribution in [1.82, 2.24) is 4.90 Å². The zero-order valence-corrected chi connectivity index (χ0v) is 22.6. The van der Waals surface area contributed by atoms with E-state index in [9.17, 15) is 19.7 Å². The summed E-state index contributed by atoms with van der Waals surface area (Å²) < 4.78 is 12.3. The van der Waals surface area contributed by atoms with Crippen molar-refractivity contribution in [2.45, 2.75) is 20.1 Å². The summed E-state index contributed by atoms with van der Waals surface area (Å²) >= 11 is 10.4. The van der Waals surface area contributed by atoms with E-state index in [0.717, 1.165) is 22.9 Å². The van der Waals surface area contributed by atoms with Gasteiger partial charge in [0.25, 0.3) is 16.8 Å². The van der Waals surface area contributed by atoms with Crippen LogP contribution in [0.25, 0.3) is 6.08 Å². The highest BCUT2D eigenvalue weighted by molar-refractivity contribution is 9.10. The maximum atomic E-state index is 13.0. The van der Waals surface area contributed by atoms with Gasteiger partial charge in [-0.2, -0.15) is 0 Å². The fraction of sp³-hybridized carbons (Fsp3) is 0.154. The number of ether oxygens (including phenoxy) is 2. The molecule has 190 valence electrons. The van der Waals surface area contributed by atoms with Crippen LogP contribution in [0.3, 0.4) is 0 Å². The smallest absolute Gasteiger partial charge is 0.293 e. The van der Waals surface area contributed by atoms with Crippen molar-refractivity contribution in [2.24, 2.45) is 0 Å². The summed E-state index contributed by atoms with van der Waals surface area (Å²) in [7, 11) is 0. The molecule has 1 aliphatic heterocycles. The summed E-state index contributed by atoms with van der Waals surface area (Å²) in [6.45, 7) is 2.51. The lowest BCUT2D eigenvalue weighted by molar-refractivity contribution is -0.384. The molecule has 37 heavy (non-hydrogen) atoms. The van der Waals surface area contributed by atoms with Gasteiger partial charge in [-0.15, -0.1) is 0 Å². The lowest BCUT2D eigenvalue weighted by Gasteiger charge is -2.15. The van der Waals surface area contributed by atoms with Crippen LogP contribution in [0.2, 0.25) is 5.02 Å². The van der Waals surface area contributed by atoms with E-state index in [1.807, 2.05) is 6.92 Å². The number of halogens is 2. The van der Waals surface area contributed by atoms with Crippen molar-refractivity contribution in [3.8, 4) is 11.5 Å². The normalized spacial score (nSPS) is 14.4. The van der Waals surface area contributed by atoms with Crippen molar-refractivity contribution < 1.29 is 24.0 Å². The Bertz CT molecular complexity index is 1400. The van der Waals surface area contributed by atoms with Crippen LogP contribution in [-0.2, 0) is 17.9 Å². The Morgan fingerprint density at radius 1 is 1.08 bits per heavy atom. The Morgan fingerprint density at radius 2 is 1.84 bits per heavy atom. The molecule has 1 heterocycles. The molecule has 2 amide bonds. The van der Waals surface area contributed by atoms with Gasteiger partial charge in [0.1, 0.15) is 6.61 Å². The first-order valence-corrected chi connectivity index (χ1v) is 13.1. The standard InChI is InChI=1S/C26H20BrClN2O6S/c1-2-35-22-12-18(11-21(27)24(22)36-15-16-6-8-20(9-7-16)30(33)34)13-23-25(31)29(26(32)37-23)14-17-4-3-5-19(28)10-17/h3-13H,2,14-15H2,1H3/b23-13-. The van der Waals surface area contributed by atoms with Crippen LogP contribution in [0, 0.1) is 10.1 Å². The van der Waals surface area contributed by atoms with Gasteiger partial charge in [-0.1, -0.05) is 23.7 Å². The molecule has 1 saturated heterocycles. The predicted molar refractivity (Wildman–Crippen MR) is 146 cm³/mol. The van der Waals surface area contributed by atoms with E-state index in [4.69, 9.17) is 21.1 Å². The van der Waals surface area contributed by atoms with Crippen LogP contribution in [0.4, 0.5) is 10.5 Å². The highest BCUT2D eigenvalue weighted by Crippen LogP contribution is 2.40. The number of carbonyl (C=O) groups excluding carboxylic acids is 2. The fourth-order valence-corrected chi connectivity index (χ4v) is 5.17. The number of benzene rings is 3. The Kier molecular flexibility index (Phi) is 8.52. The molecular weight excluding hydrogens is 584 g/mol. The third-order valence-electron chi connectivity index (χ3n) is 5.26. The second-order valence-corrected chi connectivity index (χ2v) is 10.2.